The Morgan fingerprint density at radius 2 is 1.90 bits per heavy atom. The Balaban J connectivity index is 0.00000272. The van der Waals surface area contributed by atoms with Gasteiger partial charge in [-0.05, 0) is 49.1 Å². The van der Waals surface area contributed by atoms with Crippen LogP contribution in [0.15, 0.2) is 36.4 Å². The molecule has 2 nitrogen and oxygen atoms in total. The van der Waals surface area contributed by atoms with Gasteiger partial charge in [-0.15, -0.1) is 0 Å². The SMILES string of the molecule is C.[2H]C(CC)C([2H])[C@@H]1OCC[C@@]2(Cc3ccc(Cl)cc3)c3c(F)ccc(F)c3OC[C@@H]12. The van der Waals surface area contributed by atoms with Crippen LogP contribution in [0.3, 0.4) is 0 Å². The first-order chi connectivity index (χ1) is 14.4. The molecule has 29 heavy (non-hydrogen) atoms. The molecular weight excluding hydrogens is 394 g/mol. The lowest BCUT2D eigenvalue weighted by molar-refractivity contribution is -0.0992. The summed E-state index contributed by atoms with van der Waals surface area (Å²) in [6.45, 7) is 2.30. The lowest BCUT2D eigenvalue weighted by Gasteiger charge is -2.51. The first-order valence-electron chi connectivity index (χ1n) is 10.8. The molecule has 0 aliphatic carbocycles. The van der Waals surface area contributed by atoms with Crippen LogP contribution in [0.1, 0.15) is 53.9 Å². The Morgan fingerprint density at radius 1 is 1.17 bits per heavy atom. The summed E-state index contributed by atoms with van der Waals surface area (Å²) >= 11 is 6.04. The third-order valence-corrected chi connectivity index (χ3v) is 6.18. The summed E-state index contributed by atoms with van der Waals surface area (Å²) in [5.41, 5.74) is 0.386. The second-order valence-corrected chi connectivity index (χ2v) is 7.97. The Bertz CT molecular complexity index is 911. The zero-order valence-corrected chi connectivity index (χ0v) is 16.5. The van der Waals surface area contributed by atoms with Gasteiger partial charge in [-0.1, -0.05) is 50.9 Å². The van der Waals surface area contributed by atoms with E-state index in [1.165, 1.54) is 0 Å². The Morgan fingerprint density at radius 3 is 2.62 bits per heavy atom. The predicted octanol–water partition coefficient (Wildman–Crippen LogP) is 6.72. The molecule has 5 atom stereocenters. The summed E-state index contributed by atoms with van der Waals surface area (Å²) in [6.07, 6.45) is -0.566. The first-order valence-corrected chi connectivity index (χ1v) is 10.1. The molecule has 158 valence electrons. The molecule has 2 aromatic rings. The first kappa shape index (κ1) is 19.3. The predicted molar refractivity (Wildman–Crippen MR) is 113 cm³/mol. The van der Waals surface area contributed by atoms with Crippen molar-refractivity contribution in [1.82, 2.24) is 0 Å². The van der Waals surface area contributed by atoms with Crippen LogP contribution in [0.25, 0.3) is 0 Å². The van der Waals surface area contributed by atoms with Crippen LogP contribution in [0.2, 0.25) is 5.02 Å². The molecule has 2 aliphatic rings. The smallest absolute Gasteiger partial charge is 0.165 e. The summed E-state index contributed by atoms with van der Waals surface area (Å²) in [6, 6.07) is 9.58. The number of fused-ring (bicyclic) bond motifs is 3. The molecule has 0 amide bonds. The largest absolute Gasteiger partial charge is 0.490 e. The van der Waals surface area contributed by atoms with Crippen LogP contribution >= 0.6 is 11.6 Å². The molecule has 2 aliphatic heterocycles. The van der Waals surface area contributed by atoms with Crippen LogP contribution in [-0.2, 0) is 16.6 Å². The second kappa shape index (κ2) is 9.01. The highest BCUT2D eigenvalue weighted by Gasteiger charge is 2.53. The van der Waals surface area contributed by atoms with Crippen LogP contribution in [-0.4, -0.2) is 19.3 Å². The number of halogens is 3. The van der Waals surface area contributed by atoms with Crippen molar-refractivity contribution in [3.63, 3.8) is 0 Å². The van der Waals surface area contributed by atoms with Crippen molar-refractivity contribution >= 4 is 11.6 Å². The maximum absolute atomic E-state index is 15.2. The van der Waals surface area contributed by atoms with E-state index in [0.717, 1.165) is 17.7 Å². The molecule has 2 heterocycles. The molecule has 0 N–H and O–H groups in total. The molecule has 5 heteroatoms. The van der Waals surface area contributed by atoms with Gasteiger partial charge >= 0.3 is 0 Å². The quantitative estimate of drug-likeness (QED) is 0.530. The van der Waals surface area contributed by atoms with E-state index in [4.69, 9.17) is 23.8 Å². The van der Waals surface area contributed by atoms with Crippen molar-refractivity contribution in [2.45, 2.75) is 57.9 Å². The van der Waals surface area contributed by atoms with E-state index >= 15 is 4.39 Å². The summed E-state index contributed by atoms with van der Waals surface area (Å²) in [7, 11) is 0. The number of rotatable bonds is 5. The average molecular weight is 425 g/mol. The highest BCUT2D eigenvalue weighted by molar-refractivity contribution is 6.30. The average Bonchev–Trinajstić information content (AvgIpc) is 2.75. The van der Waals surface area contributed by atoms with E-state index in [0.29, 0.717) is 30.9 Å². The van der Waals surface area contributed by atoms with E-state index in [9.17, 15) is 4.39 Å². The highest BCUT2D eigenvalue weighted by atomic mass is 35.5. The minimum Gasteiger partial charge on any atom is -0.490 e. The second-order valence-electron chi connectivity index (χ2n) is 7.53. The van der Waals surface area contributed by atoms with Gasteiger partial charge in [-0.2, -0.15) is 0 Å². The molecule has 2 unspecified atom stereocenters. The molecule has 0 radical (unpaired) electrons. The van der Waals surface area contributed by atoms with Crippen LogP contribution in [0, 0.1) is 17.6 Å². The van der Waals surface area contributed by atoms with Gasteiger partial charge in [0.05, 0.1) is 12.7 Å². The fraction of sp³-hybridized carbons (Fsp3) is 0.500. The highest BCUT2D eigenvalue weighted by Crippen LogP contribution is 2.52. The van der Waals surface area contributed by atoms with Gasteiger partial charge in [0.1, 0.15) is 5.82 Å². The van der Waals surface area contributed by atoms with Crippen molar-refractivity contribution in [1.29, 1.82) is 0 Å². The van der Waals surface area contributed by atoms with Gasteiger partial charge in [-0.25, -0.2) is 8.78 Å². The topological polar surface area (TPSA) is 18.5 Å². The normalized spacial score (nSPS) is 28.6. The number of ether oxygens (including phenoxy) is 2. The van der Waals surface area contributed by atoms with Gasteiger partial charge in [0.15, 0.2) is 11.6 Å². The summed E-state index contributed by atoms with van der Waals surface area (Å²) in [5.74, 6) is -1.50. The van der Waals surface area contributed by atoms with Crippen molar-refractivity contribution < 1.29 is 21.0 Å². The zero-order valence-electron chi connectivity index (χ0n) is 17.8. The van der Waals surface area contributed by atoms with E-state index in [1.54, 1.807) is 12.1 Å². The third kappa shape index (κ3) is 4.02. The Hall–Kier alpha value is -1.65. The van der Waals surface area contributed by atoms with Gasteiger partial charge in [0, 0.05) is 31.3 Å². The summed E-state index contributed by atoms with van der Waals surface area (Å²) in [5, 5.41) is 0.605. The van der Waals surface area contributed by atoms with Crippen molar-refractivity contribution in [2.75, 3.05) is 13.2 Å². The van der Waals surface area contributed by atoms with E-state index < -0.39 is 35.9 Å². The lowest BCUT2D eigenvalue weighted by Crippen LogP contribution is -2.54. The monoisotopic (exact) mass is 424 g/mol. The van der Waals surface area contributed by atoms with Crippen molar-refractivity contribution in [2.24, 2.45) is 5.92 Å². The van der Waals surface area contributed by atoms with Crippen molar-refractivity contribution in [3.05, 3.63) is 64.2 Å². The molecule has 0 aromatic heterocycles. The zero-order chi connectivity index (χ0) is 21.5. The minimum atomic E-state index is -0.799. The van der Waals surface area contributed by atoms with Crippen LogP contribution in [0.5, 0.6) is 5.75 Å². The standard InChI is InChI=1S/C23H25ClF2O2.CH4/c1-2-3-4-20-17-14-28-22-19(26)10-9-18(25)21(22)23(17,11-12-27-20)13-15-5-7-16(24)8-6-15;/h5-10,17,20H,2-4,11-14H2,1H3;1H4/t17-,20-,23-;/m0./s1/i3D,4D;/t3?,4?,17-,20-,23-;. The van der Waals surface area contributed by atoms with Crippen LogP contribution in [0.4, 0.5) is 8.78 Å². The van der Waals surface area contributed by atoms with E-state index in [2.05, 4.69) is 0 Å². The lowest BCUT2D eigenvalue weighted by atomic mass is 9.60. The van der Waals surface area contributed by atoms with Crippen molar-refractivity contribution in [3.8, 4) is 5.75 Å². The molecule has 0 bridgehead atoms. The van der Waals surface area contributed by atoms with Gasteiger partial charge in [0.25, 0.3) is 0 Å². The number of hydrogen-bond donors (Lipinski definition) is 0. The van der Waals surface area contributed by atoms with Gasteiger partial charge < -0.3 is 9.47 Å². The van der Waals surface area contributed by atoms with Gasteiger partial charge in [0.2, 0.25) is 0 Å². The Labute approximate surface area is 180 Å². The van der Waals surface area contributed by atoms with Crippen LogP contribution < -0.4 is 4.74 Å². The molecule has 1 saturated heterocycles. The molecule has 2 aromatic carbocycles. The summed E-state index contributed by atoms with van der Waals surface area (Å²) < 4.78 is 58.3. The van der Waals surface area contributed by atoms with Gasteiger partial charge in [-0.3, -0.25) is 0 Å². The maximum atomic E-state index is 15.2. The molecule has 1 fully saturated rings. The molecule has 0 saturated carbocycles. The third-order valence-electron chi connectivity index (χ3n) is 5.92. The van der Waals surface area contributed by atoms with E-state index in [1.807, 2.05) is 19.1 Å². The number of benzene rings is 2. The summed E-state index contributed by atoms with van der Waals surface area (Å²) in [4.78, 5) is 0. The fourth-order valence-electron chi connectivity index (χ4n) is 4.60. The minimum absolute atomic E-state index is 0. The molecule has 4 rings (SSSR count). The van der Waals surface area contributed by atoms with E-state index in [-0.39, 0.29) is 31.3 Å². The Kier molecular flexibility index (Phi) is 6.00. The molecule has 0 spiro atoms. The number of hydrogen-bond acceptors (Lipinski definition) is 2. The molecular formula is C24H29ClF2O2. The maximum Gasteiger partial charge on any atom is 0.165 e. The fourth-order valence-corrected chi connectivity index (χ4v) is 4.73.